The Balaban J connectivity index is 2.55. The van der Waals surface area contributed by atoms with Crippen molar-refractivity contribution in [2.24, 2.45) is 0 Å². The van der Waals surface area contributed by atoms with E-state index in [1.807, 2.05) is 0 Å². The summed E-state index contributed by atoms with van der Waals surface area (Å²) in [5.74, 6) is 0. The number of benzene rings is 2. The molecule has 0 bridgehead atoms. The van der Waals surface area contributed by atoms with Gasteiger partial charge in [0.15, 0.2) is 0 Å². The van der Waals surface area contributed by atoms with E-state index in [9.17, 15) is 0 Å². The van der Waals surface area contributed by atoms with E-state index in [1.165, 1.54) is 10.6 Å². The molecule has 2 aromatic carbocycles. The molecule has 0 amide bonds. The monoisotopic (exact) mass is 337 g/mol. The Morgan fingerprint density at radius 1 is 0.789 bits per heavy atom. The zero-order valence-corrected chi connectivity index (χ0v) is 14.2. The molecule has 0 heterocycles. The Hall–Kier alpha value is -0.651. The van der Waals surface area contributed by atoms with Gasteiger partial charge in [-0.1, -0.05) is 0 Å². The van der Waals surface area contributed by atoms with E-state index in [4.69, 9.17) is 0 Å². The van der Waals surface area contributed by atoms with Crippen LogP contribution in [-0.2, 0) is 0 Å². The van der Waals surface area contributed by atoms with Crippen LogP contribution < -0.4 is 15.7 Å². The molecular formula is C16H20NPSe. The van der Waals surface area contributed by atoms with E-state index in [2.05, 4.69) is 102 Å². The quantitative estimate of drug-likeness (QED) is 0.671. The first kappa shape index (κ1) is 14.8. The van der Waals surface area contributed by atoms with Gasteiger partial charge in [-0.25, -0.2) is 0 Å². The van der Waals surface area contributed by atoms with Gasteiger partial charge in [-0.3, -0.25) is 0 Å². The Kier molecular flexibility index (Phi) is 4.48. The molecule has 0 aliphatic heterocycles. The van der Waals surface area contributed by atoms with E-state index < -0.39 is 5.66 Å². The van der Waals surface area contributed by atoms with Crippen molar-refractivity contribution < 1.29 is 0 Å². The normalized spacial score (nSPS) is 12.4. The zero-order chi connectivity index (χ0) is 13.9. The van der Waals surface area contributed by atoms with E-state index in [-0.39, 0.29) is 5.54 Å². The van der Waals surface area contributed by atoms with Crippen LogP contribution >= 0.6 is 5.66 Å². The van der Waals surface area contributed by atoms with Gasteiger partial charge in [0.1, 0.15) is 0 Å². The molecule has 19 heavy (non-hydrogen) atoms. The van der Waals surface area contributed by atoms with Crippen LogP contribution in [0.25, 0.3) is 0 Å². The zero-order valence-electron chi connectivity index (χ0n) is 11.6. The Morgan fingerprint density at radius 2 is 1.16 bits per heavy atom. The van der Waals surface area contributed by atoms with Gasteiger partial charge in [0.05, 0.1) is 0 Å². The van der Waals surface area contributed by atoms with Gasteiger partial charge < -0.3 is 0 Å². The first-order chi connectivity index (χ1) is 8.92. The van der Waals surface area contributed by atoms with Crippen molar-refractivity contribution in [3.8, 4) is 0 Å². The average Bonchev–Trinajstić information content (AvgIpc) is 2.39. The molecule has 1 N–H and O–H groups in total. The molecule has 0 aliphatic rings. The summed E-state index contributed by atoms with van der Waals surface area (Å²) in [6.07, 6.45) is 0. The summed E-state index contributed by atoms with van der Waals surface area (Å²) in [4.78, 5) is 0. The van der Waals surface area contributed by atoms with Crippen LogP contribution in [-0.4, -0.2) is 20.6 Å². The second-order valence-electron chi connectivity index (χ2n) is 5.64. The van der Waals surface area contributed by atoms with Crippen molar-refractivity contribution in [2.75, 3.05) is 0 Å². The maximum atomic E-state index is 3.82. The number of rotatable bonds is 3. The van der Waals surface area contributed by atoms with E-state index >= 15 is 0 Å². The summed E-state index contributed by atoms with van der Waals surface area (Å²) in [5, 5.41) is 6.51. The second-order valence-corrected chi connectivity index (χ2v) is 11.6. The standard InChI is InChI=1S/C16H20NPSe/c1-16(2,3)17-18(19,14-10-6-4-7-11-14)15-12-8-5-9-13-15/h4-13H,1-3H3,(H,17,19). The molecule has 0 aromatic heterocycles. The summed E-state index contributed by atoms with van der Waals surface area (Å²) in [6, 6.07) is 21.4. The van der Waals surface area contributed by atoms with Crippen molar-refractivity contribution in [2.45, 2.75) is 26.3 Å². The van der Waals surface area contributed by atoms with Crippen molar-refractivity contribution in [3.63, 3.8) is 0 Å². The molecule has 0 saturated carbocycles. The summed E-state index contributed by atoms with van der Waals surface area (Å²) in [5.41, 5.74) is -1.61. The Morgan fingerprint density at radius 3 is 1.47 bits per heavy atom. The van der Waals surface area contributed by atoms with Gasteiger partial charge in [-0.15, -0.1) is 0 Å². The number of nitrogens with one attached hydrogen (secondary N) is 1. The fraction of sp³-hybridized carbons (Fsp3) is 0.250. The van der Waals surface area contributed by atoms with Crippen LogP contribution in [0, 0.1) is 0 Å². The topological polar surface area (TPSA) is 12.0 Å². The molecular weight excluding hydrogens is 316 g/mol. The molecule has 1 nitrogen and oxygen atoms in total. The van der Waals surface area contributed by atoms with E-state index in [0.29, 0.717) is 0 Å². The van der Waals surface area contributed by atoms with Crippen molar-refractivity contribution in [3.05, 3.63) is 60.7 Å². The van der Waals surface area contributed by atoms with Gasteiger partial charge in [0.2, 0.25) is 0 Å². The molecule has 0 unspecified atom stereocenters. The molecule has 2 rings (SSSR count). The van der Waals surface area contributed by atoms with E-state index in [0.717, 1.165) is 0 Å². The maximum absolute atomic E-state index is 3.82. The van der Waals surface area contributed by atoms with Crippen LogP contribution in [0.2, 0.25) is 0 Å². The number of hydrogen-bond donors (Lipinski definition) is 1. The molecule has 0 aliphatic carbocycles. The summed E-state index contributed by atoms with van der Waals surface area (Å²) in [6.45, 7) is 6.64. The predicted molar refractivity (Wildman–Crippen MR) is 87.7 cm³/mol. The van der Waals surface area contributed by atoms with Gasteiger partial charge in [-0.2, -0.15) is 0 Å². The van der Waals surface area contributed by atoms with Crippen LogP contribution in [0.4, 0.5) is 0 Å². The SMILES string of the molecule is CC(C)(C)NP(=[Se])(c1ccccc1)c1ccccc1. The third kappa shape index (κ3) is 3.68. The third-order valence-electron chi connectivity index (χ3n) is 2.73. The average molecular weight is 336 g/mol. The molecule has 0 fully saturated rings. The molecule has 0 saturated heterocycles. The predicted octanol–water partition coefficient (Wildman–Crippen LogP) is 3.04. The molecule has 0 atom stereocenters. The minimum atomic E-state index is -1.67. The molecule has 2 aromatic rings. The Bertz CT molecular complexity index is 529. The van der Waals surface area contributed by atoms with Crippen molar-refractivity contribution in [1.29, 1.82) is 0 Å². The van der Waals surface area contributed by atoms with Gasteiger partial charge in [-0.05, 0) is 0 Å². The molecule has 100 valence electrons. The molecule has 0 radical (unpaired) electrons. The van der Waals surface area contributed by atoms with Gasteiger partial charge in [0.25, 0.3) is 0 Å². The fourth-order valence-corrected chi connectivity index (χ4v) is 7.97. The van der Waals surface area contributed by atoms with Gasteiger partial charge in [0, 0.05) is 0 Å². The molecule has 0 spiro atoms. The van der Waals surface area contributed by atoms with Crippen molar-refractivity contribution in [1.82, 2.24) is 5.09 Å². The van der Waals surface area contributed by atoms with Crippen LogP contribution in [0.1, 0.15) is 20.8 Å². The van der Waals surface area contributed by atoms with Crippen molar-refractivity contribution >= 4 is 31.4 Å². The minimum absolute atomic E-state index is 0.0602. The Labute approximate surface area is 123 Å². The fourth-order valence-electron chi connectivity index (χ4n) is 2.03. The second kappa shape index (κ2) is 5.77. The third-order valence-corrected chi connectivity index (χ3v) is 9.00. The van der Waals surface area contributed by atoms with E-state index in [1.54, 1.807) is 0 Å². The van der Waals surface area contributed by atoms with Gasteiger partial charge >= 0.3 is 123 Å². The van der Waals surface area contributed by atoms with Crippen LogP contribution in [0.5, 0.6) is 0 Å². The van der Waals surface area contributed by atoms with Crippen LogP contribution in [0.3, 0.4) is 0 Å². The summed E-state index contributed by atoms with van der Waals surface area (Å²) < 4.78 is 0. The van der Waals surface area contributed by atoms with Crippen LogP contribution in [0.15, 0.2) is 60.7 Å². The summed E-state index contributed by atoms with van der Waals surface area (Å²) >= 11 is 3.48. The first-order valence-corrected chi connectivity index (χ1v) is 10.4. The number of hydrogen-bond acceptors (Lipinski definition) is 1. The summed E-state index contributed by atoms with van der Waals surface area (Å²) in [7, 11) is 0. The molecule has 3 heteroatoms. The first-order valence-electron chi connectivity index (χ1n) is 6.42.